The lowest BCUT2D eigenvalue weighted by atomic mass is 9.17. The topological polar surface area (TPSA) is 33.4 Å². The second-order valence-electron chi connectivity index (χ2n) is 18.6. The maximum atomic E-state index is 5.61. The summed E-state index contributed by atoms with van der Waals surface area (Å²) in [5.41, 5.74) is 8.35. The van der Waals surface area contributed by atoms with Gasteiger partial charge in [-0.15, -0.1) is 0 Å². The van der Waals surface area contributed by atoms with Crippen LogP contribution in [0.25, 0.3) is 28.2 Å². The zero-order chi connectivity index (χ0) is 35.0. The highest BCUT2D eigenvalue weighted by molar-refractivity contribution is 7.61. The summed E-state index contributed by atoms with van der Waals surface area (Å²) in [6, 6.07) is 32.8. The third-order valence-electron chi connectivity index (χ3n) is 16.3. The Labute approximate surface area is 312 Å². The number of hydrazone groups is 1. The van der Waals surface area contributed by atoms with Crippen molar-refractivity contribution in [3.8, 4) is 28.2 Å². The summed E-state index contributed by atoms with van der Waals surface area (Å²) >= 11 is 0. The van der Waals surface area contributed by atoms with Crippen LogP contribution in [0.15, 0.2) is 96.1 Å². The summed E-state index contributed by atoms with van der Waals surface area (Å²) in [4.78, 5) is 0. The van der Waals surface area contributed by atoms with Crippen molar-refractivity contribution < 1.29 is 0 Å². The number of benzene rings is 3. The van der Waals surface area contributed by atoms with Gasteiger partial charge in [0, 0.05) is 17.3 Å². The van der Waals surface area contributed by atoms with E-state index in [1.807, 2.05) is 0 Å². The monoisotopic (exact) mass is 706 g/mol. The maximum absolute atomic E-state index is 5.61. The van der Waals surface area contributed by atoms with E-state index in [2.05, 4.69) is 135 Å². The molecule has 8 aliphatic rings. The van der Waals surface area contributed by atoms with E-state index in [1.54, 1.807) is 25.7 Å². The molecule has 4 unspecified atom stereocenters. The number of hydrogen-bond acceptors (Lipinski definition) is 3. The van der Waals surface area contributed by atoms with E-state index in [9.17, 15) is 0 Å². The van der Waals surface area contributed by atoms with E-state index in [0.29, 0.717) is 16.2 Å². The molecule has 1 aromatic heterocycles. The molecular formula is C47H55N4P. The second kappa shape index (κ2) is 11.2. The van der Waals surface area contributed by atoms with E-state index < -0.39 is 0 Å². The molecule has 0 N–H and O–H groups in total. The van der Waals surface area contributed by atoms with Gasteiger partial charge in [-0.25, -0.2) is 4.68 Å². The Morgan fingerprint density at radius 2 is 1.17 bits per heavy atom. The van der Waals surface area contributed by atoms with Crippen molar-refractivity contribution in [1.29, 1.82) is 0 Å². The second-order valence-corrected chi connectivity index (χ2v) is 21.4. The summed E-state index contributed by atoms with van der Waals surface area (Å²) < 4.78 is 2.22. The number of rotatable bonds is 10. The van der Waals surface area contributed by atoms with Crippen molar-refractivity contribution in [1.82, 2.24) is 9.78 Å². The molecule has 3 aromatic carbocycles. The molecule has 52 heavy (non-hydrogen) atoms. The molecule has 0 aliphatic heterocycles. The Balaban J connectivity index is 0.00000104. The van der Waals surface area contributed by atoms with Gasteiger partial charge in [-0.2, -0.15) is 10.2 Å². The first-order valence-corrected chi connectivity index (χ1v) is 22.3. The minimum atomic E-state index is -0.245. The van der Waals surface area contributed by atoms with Crippen molar-refractivity contribution in [2.24, 2.45) is 57.4 Å². The highest BCUT2D eigenvalue weighted by Crippen LogP contribution is 3.04. The first-order valence-electron chi connectivity index (χ1n) is 20.8. The van der Waals surface area contributed by atoms with E-state index >= 15 is 0 Å². The van der Waals surface area contributed by atoms with Gasteiger partial charge in [-0.05, 0) is 126 Å². The molecule has 2 spiro atoms. The molecule has 4 aromatic rings. The highest BCUT2D eigenvalue weighted by atomic mass is 31.1. The molecule has 8 fully saturated rings. The fourth-order valence-corrected chi connectivity index (χ4v) is 20.5. The molecule has 8 saturated carbocycles. The third kappa shape index (κ3) is 3.65. The zero-order valence-corrected chi connectivity index (χ0v) is 32.5. The van der Waals surface area contributed by atoms with Gasteiger partial charge < -0.3 is 0 Å². The summed E-state index contributed by atoms with van der Waals surface area (Å²) in [5.74, 6) is 6.64. The number of anilines is 1. The lowest BCUT2D eigenvalue weighted by Gasteiger charge is -2.98. The van der Waals surface area contributed by atoms with E-state index in [-0.39, 0.29) is 7.92 Å². The standard InChI is InChI=1S/C44H47N4P.C3H8/c1-28(2)26-45-47(40-38(29-12-6-3-7-13-29)46-48(37-16-10-5-11-17-37)39(40)30-14-8-4-9-15-30)27-49(41-22-33-18-31-19-34(23-41)43(31,33)41)42-24-35-20-32-21-36(25-42)44(32,35)42;1-3-2/h3-17,26,28,31-36H,18-25,27H2,1-2H3;3H2,1-2H3/b45-26-;. The summed E-state index contributed by atoms with van der Waals surface area (Å²) in [5, 5.41) is 14.9. The van der Waals surface area contributed by atoms with Crippen LogP contribution in [-0.2, 0) is 0 Å². The SMILES string of the molecule is CC(C)/C=N\N(CP(C12CC3CC4CC(C1)C432)C12CC3CC4CC(C1)C432)c1c(-c2ccccc2)nn(-c2ccccc2)c1-c1ccccc1.CCC. The average molecular weight is 707 g/mol. The molecule has 0 radical (unpaired) electrons. The van der Waals surface area contributed by atoms with Crippen LogP contribution in [0, 0.1) is 52.3 Å². The van der Waals surface area contributed by atoms with Crippen molar-refractivity contribution in [3.63, 3.8) is 0 Å². The zero-order valence-electron chi connectivity index (χ0n) is 31.6. The van der Waals surface area contributed by atoms with E-state index in [0.717, 1.165) is 64.0 Å². The number of aromatic nitrogens is 2. The number of nitrogens with zero attached hydrogens (tertiary/aromatic N) is 4. The summed E-state index contributed by atoms with van der Waals surface area (Å²) in [7, 11) is -0.245. The van der Waals surface area contributed by atoms with Crippen LogP contribution < -0.4 is 5.01 Å². The Hall–Kier alpha value is -3.23. The molecular weight excluding hydrogens is 652 g/mol. The highest BCUT2D eigenvalue weighted by Gasteiger charge is 2.95. The predicted molar refractivity (Wildman–Crippen MR) is 216 cm³/mol. The molecule has 0 bridgehead atoms. The van der Waals surface area contributed by atoms with E-state index in [4.69, 9.17) is 10.2 Å². The smallest absolute Gasteiger partial charge is 0.119 e. The van der Waals surface area contributed by atoms with Gasteiger partial charge in [0.05, 0.1) is 12.0 Å². The lowest BCUT2D eigenvalue weighted by molar-refractivity contribution is -0.375. The molecule has 268 valence electrons. The van der Waals surface area contributed by atoms with E-state index in [1.165, 1.54) is 54.6 Å². The Bertz CT molecular complexity index is 1930. The van der Waals surface area contributed by atoms with Crippen LogP contribution in [-0.4, -0.2) is 32.6 Å². The van der Waals surface area contributed by atoms with Gasteiger partial charge in [0.25, 0.3) is 0 Å². The Morgan fingerprint density at radius 3 is 1.62 bits per heavy atom. The van der Waals surface area contributed by atoms with Crippen LogP contribution >= 0.6 is 7.92 Å². The first-order chi connectivity index (χ1) is 25.4. The molecule has 5 heteroatoms. The molecule has 0 saturated heterocycles. The summed E-state index contributed by atoms with van der Waals surface area (Å²) in [6.07, 6.45) is 16.9. The van der Waals surface area contributed by atoms with Crippen molar-refractivity contribution in [2.45, 2.75) is 95.8 Å². The molecule has 12 rings (SSSR count). The predicted octanol–water partition coefficient (Wildman–Crippen LogP) is 11.9. The van der Waals surface area contributed by atoms with Gasteiger partial charge in [0.15, 0.2) is 0 Å². The normalized spacial score (nSPS) is 39.0. The van der Waals surface area contributed by atoms with Gasteiger partial charge in [-0.1, -0.05) is 121 Å². The van der Waals surface area contributed by atoms with Gasteiger partial charge in [0.2, 0.25) is 0 Å². The largest absolute Gasteiger partial charge is 0.257 e. The van der Waals surface area contributed by atoms with Crippen LogP contribution in [0.3, 0.4) is 0 Å². The quantitative estimate of drug-likeness (QED) is 0.0934. The van der Waals surface area contributed by atoms with Gasteiger partial charge >= 0.3 is 0 Å². The lowest BCUT2D eigenvalue weighted by Crippen LogP contribution is -2.93. The van der Waals surface area contributed by atoms with Gasteiger partial charge in [0.1, 0.15) is 17.1 Å². The minimum absolute atomic E-state index is 0.245. The molecule has 1 heterocycles. The van der Waals surface area contributed by atoms with Crippen molar-refractivity contribution in [3.05, 3.63) is 91.0 Å². The third-order valence-corrected chi connectivity index (χ3v) is 20.4. The first kappa shape index (κ1) is 32.2. The maximum Gasteiger partial charge on any atom is 0.119 e. The van der Waals surface area contributed by atoms with Crippen LogP contribution in [0.4, 0.5) is 5.69 Å². The number of para-hydroxylation sites is 1. The van der Waals surface area contributed by atoms with Crippen LogP contribution in [0.1, 0.15) is 85.5 Å². The molecule has 4 nitrogen and oxygen atoms in total. The van der Waals surface area contributed by atoms with Crippen LogP contribution in [0.5, 0.6) is 0 Å². The molecule has 4 atom stereocenters. The van der Waals surface area contributed by atoms with Crippen LogP contribution in [0.2, 0.25) is 0 Å². The Kier molecular flexibility index (Phi) is 6.91. The Morgan fingerprint density at radius 1 is 0.712 bits per heavy atom. The fourth-order valence-electron chi connectivity index (χ4n) is 14.9. The summed E-state index contributed by atoms with van der Waals surface area (Å²) in [6.45, 7) is 8.81. The number of hydrogen-bond donors (Lipinski definition) is 0. The minimum Gasteiger partial charge on any atom is -0.257 e. The van der Waals surface area contributed by atoms with Crippen molar-refractivity contribution >= 4 is 19.8 Å². The molecule has 8 aliphatic carbocycles. The average Bonchev–Trinajstić information content (AvgIpc) is 3.49. The fraction of sp³-hybridized carbons (Fsp3) is 0.532. The van der Waals surface area contributed by atoms with Crippen molar-refractivity contribution in [2.75, 3.05) is 11.3 Å². The van der Waals surface area contributed by atoms with Gasteiger partial charge in [-0.3, -0.25) is 5.01 Å². The molecule has 0 amide bonds.